The summed E-state index contributed by atoms with van der Waals surface area (Å²) in [5.74, 6) is -0.0446. The smallest absolute Gasteiger partial charge is 0.216 e. The monoisotopic (exact) mass is 428 g/mol. The van der Waals surface area contributed by atoms with Gasteiger partial charge in [0.05, 0.1) is 11.1 Å². The zero-order valence-corrected chi connectivity index (χ0v) is 18.0. The van der Waals surface area contributed by atoms with E-state index in [4.69, 9.17) is 7.16 Å². The highest BCUT2D eigenvalue weighted by atomic mass is 32.2. The van der Waals surface area contributed by atoms with Gasteiger partial charge in [0.15, 0.2) is 6.20 Å². The molecule has 4 heteroatoms. The van der Waals surface area contributed by atoms with Crippen LogP contribution in [0.25, 0.3) is 44.3 Å². The summed E-state index contributed by atoms with van der Waals surface area (Å²) in [7, 11) is 2.00. The van der Waals surface area contributed by atoms with Gasteiger partial charge in [-0.2, -0.15) is 0 Å². The van der Waals surface area contributed by atoms with Crippen LogP contribution in [0.2, 0.25) is 0 Å². The molecule has 2 aromatic heterocycles. The molecule has 5 aromatic rings. The van der Waals surface area contributed by atoms with Crippen LogP contribution in [0.5, 0.6) is 0 Å². The lowest BCUT2D eigenvalue weighted by Crippen LogP contribution is -2.30. The lowest BCUT2D eigenvalue weighted by Gasteiger charge is -2.09. The normalized spacial score (nSPS) is 15.8. The van der Waals surface area contributed by atoms with Gasteiger partial charge in [-0.1, -0.05) is 30.3 Å². The number of rotatable bonds is 2. The van der Waals surface area contributed by atoms with E-state index in [2.05, 4.69) is 23.6 Å². The number of aryl methyl sites for hydroxylation is 3. The van der Waals surface area contributed by atoms with Crippen LogP contribution in [0.4, 0.5) is 4.39 Å². The van der Waals surface area contributed by atoms with Crippen molar-refractivity contribution in [1.29, 1.82) is 0 Å². The van der Waals surface area contributed by atoms with Crippen LogP contribution >= 0.6 is 11.8 Å². The second kappa shape index (κ2) is 6.96. The SMILES string of the molecule is [2H]C1([2H])CSc2c(-c3c(F)ccc4c3oc3c(-c5cccc[n+]5C)c(C)ccc34)cccc21. The summed E-state index contributed by atoms with van der Waals surface area (Å²) in [5, 5.41) is 1.79. The van der Waals surface area contributed by atoms with Gasteiger partial charge in [-0.05, 0) is 42.6 Å². The molecule has 0 spiro atoms. The summed E-state index contributed by atoms with van der Waals surface area (Å²) >= 11 is 1.44. The third kappa shape index (κ3) is 2.75. The average Bonchev–Trinajstić information content (AvgIpc) is 3.31. The largest absolute Gasteiger partial charge is 0.454 e. The van der Waals surface area contributed by atoms with Gasteiger partial charge in [0, 0.05) is 41.9 Å². The zero-order valence-electron chi connectivity index (χ0n) is 19.2. The van der Waals surface area contributed by atoms with E-state index in [1.807, 2.05) is 37.5 Å². The Hall–Kier alpha value is -3.11. The van der Waals surface area contributed by atoms with Gasteiger partial charge >= 0.3 is 0 Å². The van der Waals surface area contributed by atoms with E-state index < -0.39 is 6.37 Å². The summed E-state index contributed by atoms with van der Waals surface area (Å²) in [6.07, 6.45) is 0.570. The first-order chi connectivity index (χ1) is 15.9. The van der Waals surface area contributed by atoms with Gasteiger partial charge in [-0.3, -0.25) is 0 Å². The van der Waals surface area contributed by atoms with E-state index in [0.29, 0.717) is 28.0 Å². The Morgan fingerprint density at radius 3 is 2.61 bits per heavy atom. The van der Waals surface area contributed by atoms with Crippen molar-refractivity contribution in [3.05, 3.63) is 83.8 Å². The van der Waals surface area contributed by atoms with E-state index >= 15 is 4.39 Å². The second-order valence-electron chi connectivity index (χ2n) is 7.88. The Balaban J connectivity index is 1.71. The van der Waals surface area contributed by atoms with Gasteiger partial charge < -0.3 is 4.42 Å². The molecule has 0 aliphatic carbocycles. The molecule has 0 saturated heterocycles. The highest BCUT2D eigenvalue weighted by molar-refractivity contribution is 7.99. The molecule has 1 aliphatic rings. The van der Waals surface area contributed by atoms with E-state index in [1.165, 1.54) is 17.8 Å². The molecular weight excluding hydrogens is 405 g/mol. The lowest BCUT2D eigenvalue weighted by molar-refractivity contribution is -0.660. The summed E-state index contributed by atoms with van der Waals surface area (Å²) in [5.41, 5.74) is 6.01. The first-order valence-electron chi connectivity index (χ1n) is 11.2. The molecule has 0 atom stereocenters. The van der Waals surface area contributed by atoms with Gasteiger partial charge in [0.25, 0.3) is 0 Å². The fourth-order valence-corrected chi connectivity index (χ4v) is 5.54. The second-order valence-corrected chi connectivity index (χ2v) is 8.87. The maximum Gasteiger partial charge on any atom is 0.216 e. The molecule has 0 amide bonds. The molecule has 152 valence electrons. The minimum Gasteiger partial charge on any atom is -0.454 e. The molecule has 2 nitrogen and oxygen atoms in total. The minimum atomic E-state index is -1.43. The van der Waals surface area contributed by atoms with Crippen LogP contribution in [0.1, 0.15) is 13.9 Å². The van der Waals surface area contributed by atoms with Crippen molar-refractivity contribution in [2.45, 2.75) is 18.2 Å². The first kappa shape index (κ1) is 16.6. The summed E-state index contributed by atoms with van der Waals surface area (Å²) in [6.45, 7) is 2.05. The van der Waals surface area contributed by atoms with Gasteiger partial charge in [0.2, 0.25) is 5.69 Å². The third-order valence-electron chi connectivity index (χ3n) is 6.04. The predicted octanol–water partition coefficient (Wildman–Crippen LogP) is 6.84. The standard InChI is InChI=1S/C27H21FNOS/c1-16-9-10-18-19-11-12-21(28)24(20-7-5-6-17-13-15-31-27(17)20)26(19)30-25(18)23(16)22-8-3-4-14-29(22)2/h3-12,14H,13,15H2,1-2H3/q+1/i13D2. The van der Waals surface area contributed by atoms with Crippen molar-refractivity contribution in [3.8, 4) is 22.4 Å². The van der Waals surface area contributed by atoms with E-state index in [1.54, 1.807) is 18.2 Å². The molecule has 3 heterocycles. The van der Waals surface area contributed by atoms with Crippen molar-refractivity contribution >= 4 is 33.7 Å². The number of halogens is 1. The lowest BCUT2D eigenvalue weighted by atomic mass is 9.97. The maximum atomic E-state index is 15.4. The Kier molecular flexibility index (Phi) is 3.72. The molecule has 0 fully saturated rings. The summed E-state index contributed by atoms with van der Waals surface area (Å²) in [6, 6.07) is 18.9. The van der Waals surface area contributed by atoms with E-state index in [9.17, 15) is 0 Å². The van der Waals surface area contributed by atoms with Crippen LogP contribution in [-0.2, 0) is 13.4 Å². The highest BCUT2D eigenvalue weighted by Gasteiger charge is 2.25. The van der Waals surface area contributed by atoms with Gasteiger partial charge in [-0.25, -0.2) is 8.96 Å². The molecule has 31 heavy (non-hydrogen) atoms. The molecule has 0 unspecified atom stereocenters. The fourth-order valence-electron chi connectivity index (χ4n) is 4.54. The highest BCUT2D eigenvalue weighted by Crippen LogP contribution is 2.45. The van der Waals surface area contributed by atoms with Crippen LogP contribution in [0.3, 0.4) is 0 Å². The van der Waals surface area contributed by atoms with Crippen molar-refractivity contribution in [1.82, 2.24) is 0 Å². The molecule has 0 N–H and O–H groups in total. The Bertz CT molecular complexity index is 1590. The van der Waals surface area contributed by atoms with Crippen LogP contribution < -0.4 is 4.57 Å². The number of nitrogens with zero attached hydrogens (tertiary/aromatic N) is 1. The Morgan fingerprint density at radius 1 is 0.968 bits per heavy atom. The fraction of sp³-hybridized carbons (Fsp3) is 0.148. The number of pyridine rings is 1. The topological polar surface area (TPSA) is 17.0 Å². The van der Waals surface area contributed by atoms with Crippen LogP contribution in [0, 0.1) is 12.7 Å². The molecule has 3 aromatic carbocycles. The number of furan rings is 1. The van der Waals surface area contributed by atoms with E-state index in [-0.39, 0.29) is 5.82 Å². The van der Waals surface area contributed by atoms with E-state index in [0.717, 1.165) is 38.1 Å². The van der Waals surface area contributed by atoms with Gasteiger partial charge in [-0.15, -0.1) is 11.8 Å². The molecular formula is C27H21FNOS+. The number of thioether (sulfide) groups is 1. The van der Waals surface area contributed by atoms with Crippen molar-refractivity contribution in [2.75, 3.05) is 5.75 Å². The molecule has 0 radical (unpaired) electrons. The number of benzene rings is 3. The number of hydrogen-bond acceptors (Lipinski definition) is 2. The molecule has 6 rings (SSSR count). The minimum absolute atomic E-state index is 0.324. The molecule has 0 saturated carbocycles. The number of aromatic nitrogens is 1. The summed E-state index contributed by atoms with van der Waals surface area (Å²) < 4.78 is 40.6. The van der Waals surface area contributed by atoms with Gasteiger partial charge in [0.1, 0.15) is 24.0 Å². The van der Waals surface area contributed by atoms with Crippen molar-refractivity contribution < 1.29 is 16.1 Å². The quantitative estimate of drug-likeness (QED) is 0.286. The molecule has 1 aliphatic heterocycles. The first-order valence-corrected chi connectivity index (χ1v) is 11.2. The number of hydrogen-bond donors (Lipinski definition) is 0. The third-order valence-corrected chi connectivity index (χ3v) is 7.06. The molecule has 0 bridgehead atoms. The summed E-state index contributed by atoms with van der Waals surface area (Å²) in [4.78, 5) is 0.792. The van der Waals surface area contributed by atoms with Crippen LogP contribution in [-0.4, -0.2) is 5.75 Å². The number of fused-ring (bicyclic) bond motifs is 4. The average molecular weight is 429 g/mol. The van der Waals surface area contributed by atoms with Crippen LogP contribution in [0.15, 0.2) is 76.2 Å². The Morgan fingerprint density at radius 2 is 1.77 bits per heavy atom. The van der Waals surface area contributed by atoms with Crippen molar-refractivity contribution in [2.24, 2.45) is 7.05 Å². The Labute approximate surface area is 187 Å². The predicted molar refractivity (Wildman–Crippen MR) is 125 cm³/mol. The zero-order chi connectivity index (χ0) is 22.9. The van der Waals surface area contributed by atoms with Crippen molar-refractivity contribution in [3.63, 3.8) is 0 Å². The maximum absolute atomic E-state index is 15.4.